The highest BCUT2D eigenvalue weighted by molar-refractivity contribution is 5.93. The molecule has 0 unspecified atom stereocenters. The predicted octanol–water partition coefficient (Wildman–Crippen LogP) is 2.89. The molecule has 2 heterocycles. The van der Waals surface area contributed by atoms with Gasteiger partial charge in [0, 0.05) is 12.7 Å². The maximum absolute atomic E-state index is 11.2. The van der Waals surface area contributed by atoms with E-state index in [9.17, 15) is 4.79 Å². The number of aromatic carboxylic acids is 1. The minimum absolute atomic E-state index is 0.175. The Morgan fingerprint density at radius 2 is 2.33 bits per heavy atom. The maximum Gasteiger partial charge on any atom is 0.339 e. The van der Waals surface area contributed by atoms with E-state index in [1.807, 2.05) is 0 Å². The second-order valence-electron chi connectivity index (χ2n) is 4.62. The van der Waals surface area contributed by atoms with Crippen molar-refractivity contribution in [3.63, 3.8) is 0 Å². The van der Waals surface area contributed by atoms with Crippen molar-refractivity contribution < 1.29 is 14.3 Å². The lowest BCUT2D eigenvalue weighted by molar-refractivity contribution is 0.0697. The molecule has 0 radical (unpaired) electrons. The quantitative estimate of drug-likeness (QED) is 0.883. The Hall–Kier alpha value is -2.04. The fourth-order valence-corrected chi connectivity index (χ4v) is 1.68. The highest BCUT2D eigenvalue weighted by Crippen LogP contribution is 2.22. The second kappa shape index (κ2) is 5.08. The number of carboxylic acid groups (broad SMARTS) is 1. The number of furan rings is 1. The molecule has 2 aromatic rings. The number of carbonyl (C=O) groups is 1. The first-order valence-electron chi connectivity index (χ1n) is 5.92. The molecule has 5 nitrogen and oxygen atoms in total. The normalized spacial score (nSPS) is 11.1. The Balaban J connectivity index is 2.30. The first-order chi connectivity index (χ1) is 8.58. The molecule has 0 atom stereocenters. The molecular formula is C13H16N2O3. The summed E-state index contributed by atoms with van der Waals surface area (Å²) in [5.74, 6) is 0.0439. The highest BCUT2D eigenvalue weighted by atomic mass is 16.4. The van der Waals surface area contributed by atoms with Gasteiger partial charge in [0.05, 0.1) is 6.26 Å². The minimum Gasteiger partial charge on any atom is -0.478 e. The van der Waals surface area contributed by atoms with Crippen molar-refractivity contribution in [1.82, 2.24) is 9.78 Å². The average Bonchev–Trinajstić information content (AvgIpc) is 2.95. The van der Waals surface area contributed by atoms with Crippen molar-refractivity contribution in [2.24, 2.45) is 5.92 Å². The van der Waals surface area contributed by atoms with Crippen molar-refractivity contribution in [3.05, 3.63) is 30.2 Å². The Kier molecular flexibility index (Phi) is 3.50. The van der Waals surface area contributed by atoms with Gasteiger partial charge in [-0.05, 0) is 24.5 Å². The van der Waals surface area contributed by atoms with Gasteiger partial charge in [-0.2, -0.15) is 5.10 Å². The number of rotatable bonds is 5. The lowest BCUT2D eigenvalue weighted by Crippen LogP contribution is -2.02. The molecule has 0 saturated heterocycles. The molecule has 2 rings (SSSR count). The van der Waals surface area contributed by atoms with E-state index in [1.54, 1.807) is 23.0 Å². The smallest absolute Gasteiger partial charge is 0.339 e. The van der Waals surface area contributed by atoms with Crippen LogP contribution in [-0.4, -0.2) is 20.9 Å². The van der Waals surface area contributed by atoms with E-state index < -0.39 is 5.97 Å². The van der Waals surface area contributed by atoms with Gasteiger partial charge in [0.2, 0.25) is 0 Å². The van der Waals surface area contributed by atoms with Gasteiger partial charge in [0.1, 0.15) is 11.3 Å². The van der Waals surface area contributed by atoms with Crippen molar-refractivity contribution in [1.29, 1.82) is 0 Å². The van der Waals surface area contributed by atoms with Crippen LogP contribution in [0.1, 0.15) is 30.6 Å². The van der Waals surface area contributed by atoms with Crippen LogP contribution in [-0.2, 0) is 6.54 Å². The lowest BCUT2D eigenvalue weighted by atomic mass is 10.1. The van der Waals surface area contributed by atoms with Crippen LogP contribution in [0.15, 0.2) is 29.0 Å². The first kappa shape index (κ1) is 12.4. The van der Waals surface area contributed by atoms with E-state index in [2.05, 4.69) is 18.9 Å². The van der Waals surface area contributed by atoms with Crippen molar-refractivity contribution in [2.45, 2.75) is 26.8 Å². The monoisotopic (exact) mass is 248 g/mol. The van der Waals surface area contributed by atoms with E-state index in [0.717, 1.165) is 6.42 Å². The number of aryl methyl sites for hydroxylation is 1. The first-order valence-corrected chi connectivity index (χ1v) is 5.92. The Morgan fingerprint density at radius 1 is 1.56 bits per heavy atom. The zero-order valence-electron chi connectivity index (χ0n) is 10.5. The number of hydrogen-bond acceptors (Lipinski definition) is 3. The van der Waals surface area contributed by atoms with Gasteiger partial charge in [-0.15, -0.1) is 0 Å². The molecule has 0 aliphatic heterocycles. The highest BCUT2D eigenvalue weighted by Gasteiger charge is 2.18. The van der Waals surface area contributed by atoms with E-state index >= 15 is 0 Å². The molecule has 0 aliphatic rings. The molecule has 0 spiro atoms. The second-order valence-corrected chi connectivity index (χ2v) is 4.62. The van der Waals surface area contributed by atoms with Gasteiger partial charge in [-0.25, -0.2) is 4.79 Å². The summed E-state index contributed by atoms with van der Waals surface area (Å²) in [7, 11) is 0. The predicted molar refractivity (Wildman–Crippen MR) is 66.3 cm³/mol. The molecule has 18 heavy (non-hydrogen) atoms. The molecule has 0 aliphatic carbocycles. The molecule has 1 N–H and O–H groups in total. The molecule has 0 bridgehead atoms. The summed E-state index contributed by atoms with van der Waals surface area (Å²) < 4.78 is 6.88. The summed E-state index contributed by atoms with van der Waals surface area (Å²) in [6.07, 6.45) is 4.02. The summed E-state index contributed by atoms with van der Waals surface area (Å²) >= 11 is 0. The fourth-order valence-electron chi connectivity index (χ4n) is 1.68. The SMILES string of the molecule is CC(C)CCn1cc(C(=O)O)c(-c2ccco2)n1. The third-order valence-electron chi connectivity index (χ3n) is 2.68. The third-order valence-corrected chi connectivity index (χ3v) is 2.68. The van der Waals surface area contributed by atoms with Crippen molar-refractivity contribution >= 4 is 5.97 Å². The van der Waals surface area contributed by atoms with Gasteiger partial charge in [0.25, 0.3) is 0 Å². The Labute approximate surface area is 105 Å². The number of carboxylic acids is 1. The van der Waals surface area contributed by atoms with Crippen LogP contribution in [0.2, 0.25) is 0 Å². The van der Waals surface area contributed by atoms with Gasteiger partial charge in [-0.3, -0.25) is 4.68 Å². The average molecular weight is 248 g/mol. The summed E-state index contributed by atoms with van der Waals surface area (Å²) in [6.45, 7) is 4.95. The molecule has 0 fully saturated rings. The zero-order valence-corrected chi connectivity index (χ0v) is 10.5. The van der Waals surface area contributed by atoms with Gasteiger partial charge >= 0.3 is 5.97 Å². The Bertz CT molecular complexity index is 526. The molecule has 2 aromatic heterocycles. The zero-order chi connectivity index (χ0) is 13.1. The largest absolute Gasteiger partial charge is 0.478 e. The van der Waals surface area contributed by atoms with Crippen LogP contribution in [0.25, 0.3) is 11.5 Å². The van der Waals surface area contributed by atoms with E-state index in [1.165, 1.54) is 6.26 Å². The van der Waals surface area contributed by atoms with Gasteiger partial charge in [0.15, 0.2) is 5.76 Å². The number of hydrogen-bond donors (Lipinski definition) is 1. The van der Waals surface area contributed by atoms with Crippen molar-refractivity contribution in [3.8, 4) is 11.5 Å². The maximum atomic E-state index is 11.2. The topological polar surface area (TPSA) is 68.3 Å². The van der Waals surface area contributed by atoms with Crippen LogP contribution in [0.5, 0.6) is 0 Å². The van der Waals surface area contributed by atoms with Crippen molar-refractivity contribution in [2.75, 3.05) is 0 Å². The van der Waals surface area contributed by atoms with Crippen LogP contribution in [0, 0.1) is 5.92 Å². The molecule has 0 saturated carbocycles. The third kappa shape index (κ3) is 2.61. The molecule has 5 heteroatoms. The molecule has 96 valence electrons. The minimum atomic E-state index is -0.989. The molecular weight excluding hydrogens is 232 g/mol. The number of aromatic nitrogens is 2. The molecule has 0 aromatic carbocycles. The van der Waals surface area contributed by atoms with Gasteiger partial charge in [-0.1, -0.05) is 13.8 Å². The Morgan fingerprint density at radius 3 is 2.89 bits per heavy atom. The van der Waals surface area contributed by atoms with Crippen LogP contribution < -0.4 is 0 Å². The van der Waals surface area contributed by atoms with Crippen LogP contribution >= 0.6 is 0 Å². The standard InChI is InChI=1S/C13H16N2O3/c1-9(2)5-6-15-8-10(13(16)17)12(14-15)11-4-3-7-18-11/h3-4,7-9H,5-6H2,1-2H3,(H,16,17). The van der Waals surface area contributed by atoms with Gasteiger partial charge < -0.3 is 9.52 Å². The van der Waals surface area contributed by atoms with E-state index in [-0.39, 0.29) is 5.56 Å². The summed E-state index contributed by atoms with van der Waals surface area (Å²) in [5, 5.41) is 13.4. The van der Waals surface area contributed by atoms with Crippen LogP contribution in [0.4, 0.5) is 0 Å². The lowest BCUT2D eigenvalue weighted by Gasteiger charge is -2.03. The molecule has 0 amide bonds. The fraction of sp³-hybridized carbons (Fsp3) is 0.385. The summed E-state index contributed by atoms with van der Waals surface area (Å²) in [4.78, 5) is 11.2. The van der Waals surface area contributed by atoms with E-state index in [0.29, 0.717) is 23.9 Å². The van der Waals surface area contributed by atoms with Crippen LogP contribution in [0.3, 0.4) is 0 Å². The summed E-state index contributed by atoms with van der Waals surface area (Å²) in [6, 6.07) is 3.43. The number of nitrogens with zero attached hydrogens (tertiary/aromatic N) is 2. The van der Waals surface area contributed by atoms with E-state index in [4.69, 9.17) is 9.52 Å². The summed E-state index contributed by atoms with van der Waals surface area (Å²) in [5.41, 5.74) is 0.560.